The average molecular weight is 280 g/mol. The summed E-state index contributed by atoms with van der Waals surface area (Å²) in [6.45, 7) is 7.40. The van der Waals surface area contributed by atoms with Crippen molar-refractivity contribution >= 4 is 17.2 Å². The van der Waals surface area contributed by atoms with E-state index in [-0.39, 0.29) is 5.82 Å². The summed E-state index contributed by atoms with van der Waals surface area (Å²) in [6, 6.07) is 4.65. The molecule has 0 amide bonds. The second-order valence-corrected chi connectivity index (χ2v) is 6.55. The van der Waals surface area contributed by atoms with Gasteiger partial charge in [-0.15, -0.1) is 0 Å². The summed E-state index contributed by atoms with van der Waals surface area (Å²) < 4.78 is 13.4. The predicted octanol–water partition coefficient (Wildman–Crippen LogP) is 3.08. The summed E-state index contributed by atoms with van der Waals surface area (Å²) in [5, 5.41) is 0. The van der Waals surface area contributed by atoms with Crippen LogP contribution < -0.4 is 5.73 Å². The van der Waals surface area contributed by atoms with Crippen molar-refractivity contribution in [1.82, 2.24) is 4.90 Å². The van der Waals surface area contributed by atoms with Gasteiger partial charge in [-0.05, 0) is 55.1 Å². The molecule has 1 aliphatic rings. The van der Waals surface area contributed by atoms with E-state index >= 15 is 0 Å². The van der Waals surface area contributed by atoms with E-state index in [9.17, 15) is 4.39 Å². The lowest BCUT2D eigenvalue weighted by Crippen LogP contribution is -2.37. The standard InChI is InChI=1S/C15H21FN2S/c1-15(2)5-7-18(8-6-15)10-11-9-12(16)3-4-13(11)14(17)19/h3-4,9H,5-8,10H2,1-2H3,(H2,17,19). The van der Waals surface area contributed by atoms with Crippen LogP contribution >= 0.6 is 12.2 Å². The van der Waals surface area contributed by atoms with Gasteiger partial charge in [0.15, 0.2) is 0 Å². The molecule has 0 atom stereocenters. The molecule has 0 unspecified atom stereocenters. The molecule has 1 fully saturated rings. The number of benzene rings is 1. The number of likely N-dealkylation sites (tertiary alicyclic amines) is 1. The van der Waals surface area contributed by atoms with Crippen LogP contribution in [0.25, 0.3) is 0 Å². The molecule has 0 bridgehead atoms. The Morgan fingerprint density at radius 2 is 2.00 bits per heavy atom. The quantitative estimate of drug-likeness (QED) is 0.863. The monoisotopic (exact) mass is 280 g/mol. The van der Waals surface area contributed by atoms with E-state index < -0.39 is 0 Å². The van der Waals surface area contributed by atoms with Gasteiger partial charge in [0, 0.05) is 12.1 Å². The highest BCUT2D eigenvalue weighted by Crippen LogP contribution is 2.30. The van der Waals surface area contributed by atoms with Gasteiger partial charge in [-0.1, -0.05) is 26.1 Å². The number of thiocarbonyl (C=S) groups is 1. The smallest absolute Gasteiger partial charge is 0.123 e. The van der Waals surface area contributed by atoms with Crippen molar-refractivity contribution in [1.29, 1.82) is 0 Å². The fourth-order valence-electron chi connectivity index (χ4n) is 2.49. The number of nitrogens with two attached hydrogens (primary N) is 1. The number of hydrogen-bond acceptors (Lipinski definition) is 2. The second kappa shape index (κ2) is 5.55. The summed E-state index contributed by atoms with van der Waals surface area (Å²) >= 11 is 5.03. The summed E-state index contributed by atoms with van der Waals surface area (Å²) in [5.41, 5.74) is 7.81. The molecule has 2 rings (SSSR count). The molecule has 19 heavy (non-hydrogen) atoms. The van der Waals surface area contributed by atoms with Crippen molar-refractivity contribution in [3.8, 4) is 0 Å². The van der Waals surface area contributed by atoms with Crippen LogP contribution in [0.5, 0.6) is 0 Å². The number of nitrogens with zero attached hydrogens (tertiary/aromatic N) is 1. The Morgan fingerprint density at radius 1 is 1.37 bits per heavy atom. The fraction of sp³-hybridized carbons (Fsp3) is 0.533. The Hall–Kier alpha value is -1.00. The number of piperidine rings is 1. The first-order valence-corrected chi connectivity index (χ1v) is 7.09. The number of hydrogen-bond donors (Lipinski definition) is 1. The van der Waals surface area contributed by atoms with Crippen LogP contribution in [0.4, 0.5) is 4.39 Å². The third kappa shape index (κ3) is 3.74. The van der Waals surface area contributed by atoms with Crippen LogP contribution in [0.2, 0.25) is 0 Å². The molecule has 2 N–H and O–H groups in total. The van der Waals surface area contributed by atoms with Crippen molar-refractivity contribution in [3.05, 3.63) is 35.1 Å². The molecule has 0 aromatic heterocycles. The zero-order valence-electron chi connectivity index (χ0n) is 11.6. The molecule has 0 radical (unpaired) electrons. The summed E-state index contributed by atoms with van der Waals surface area (Å²) in [6.07, 6.45) is 2.34. The highest BCUT2D eigenvalue weighted by Gasteiger charge is 2.25. The topological polar surface area (TPSA) is 29.3 Å². The third-order valence-electron chi connectivity index (χ3n) is 3.94. The maximum Gasteiger partial charge on any atom is 0.123 e. The predicted molar refractivity (Wildman–Crippen MR) is 80.6 cm³/mol. The van der Waals surface area contributed by atoms with Gasteiger partial charge in [-0.2, -0.15) is 0 Å². The SMILES string of the molecule is CC1(C)CCN(Cc2cc(F)ccc2C(N)=S)CC1. The molecular weight excluding hydrogens is 259 g/mol. The zero-order chi connectivity index (χ0) is 14.0. The van der Waals surface area contributed by atoms with Crippen molar-refractivity contribution in [2.45, 2.75) is 33.2 Å². The Morgan fingerprint density at radius 3 is 2.58 bits per heavy atom. The van der Waals surface area contributed by atoms with Crippen molar-refractivity contribution < 1.29 is 4.39 Å². The minimum absolute atomic E-state index is 0.229. The first-order chi connectivity index (χ1) is 8.87. The van der Waals surface area contributed by atoms with E-state index in [1.54, 1.807) is 12.1 Å². The zero-order valence-corrected chi connectivity index (χ0v) is 12.4. The highest BCUT2D eigenvalue weighted by molar-refractivity contribution is 7.80. The Labute approximate surface area is 119 Å². The van der Waals surface area contributed by atoms with Gasteiger partial charge in [0.05, 0.1) is 0 Å². The van der Waals surface area contributed by atoms with E-state index in [1.807, 2.05) is 0 Å². The van der Waals surface area contributed by atoms with Crippen LogP contribution in [0.3, 0.4) is 0 Å². The molecule has 0 spiro atoms. The lowest BCUT2D eigenvalue weighted by atomic mass is 9.82. The number of halogens is 1. The number of rotatable bonds is 3. The lowest BCUT2D eigenvalue weighted by molar-refractivity contribution is 0.127. The highest BCUT2D eigenvalue weighted by atomic mass is 32.1. The summed E-state index contributed by atoms with van der Waals surface area (Å²) in [7, 11) is 0. The third-order valence-corrected chi connectivity index (χ3v) is 4.16. The maximum absolute atomic E-state index is 13.4. The summed E-state index contributed by atoms with van der Waals surface area (Å²) in [5.74, 6) is -0.229. The van der Waals surface area contributed by atoms with Crippen molar-refractivity contribution in [2.75, 3.05) is 13.1 Å². The fourth-order valence-corrected chi connectivity index (χ4v) is 2.69. The van der Waals surface area contributed by atoms with Crippen LogP contribution in [0, 0.1) is 11.2 Å². The molecule has 2 nitrogen and oxygen atoms in total. The van der Waals surface area contributed by atoms with Crippen molar-refractivity contribution in [2.24, 2.45) is 11.1 Å². The molecule has 0 aliphatic carbocycles. The van der Waals surface area contributed by atoms with E-state index in [4.69, 9.17) is 18.0 Å². The van der Waals surface area contributed by atoms with Crippen LogP contribution in [-0.4, -0.2) is 23.0 Å². The molecule has 1 aromatic carbocycles. The Kier molecular flexibility index (Phi) is 4.21. The van der Waals surface area contributed by atoms with E-state index in [1.165, 1.54) is 18.9 Å². The summed E-state index contributed by atoms with van der Waals surface area (Å²) in [4.78, 5) is 2.69. The average Bonchev–Trinajstić information content (AvgIpc) is 2.31. The molecule has 1 aromatic rings. The van der Waals surface area contributed by atoms with Gasteiger partial charge >= 0.3 is 0 Å². The van der Waals surface area contributed by atoms with Crippen LogP contribution in [0.15, 0.2) is 18.2 Å². The molecular formula is C15H21FN2S. The Bertz CT molecular complexity index is 475. The second-order valence-electron chi connectivity index (χ2n) is 6.11. The first-order valence-electron chi connectivity index (χ1n) is 6.68. The molecule has 0 saturated carbocycles. The Balaban J connectivity index is 2.11. The van der Waals surface area contributed by atoms with E-state index in [0.29, 0.717) is 10.4 Å². The van der Waals surface area contributed by atoms with Gasteiger partial charge in [0.1, 0.15) is 10.8 Å². The van der Waals surface area contributed by atoms with Gasteiger partial charge in [0.25, 0.3) is 0 Å². The van der Waals surface area contributed by atoms with Gasteiger partial charge < -0.3 is 5.73 Å². The molecule has 4 heteroatoms. The minimum Gasteiger partial charge on any atom is -0.389 e. The van der Waals surface area contributed by atoms with Gasteiger partial charge in [0.2, 0.25) is 0 Å². The van der Waals surface area contributed by atoms with E-state index in [2.05, 4.69) is 18.7 Å². The van der Waals surface area contributed by atoms with Crippen molar-refractivity contribution in [3.63, 3.8) is 0 Å². The normalized spacial score (nSPS) is 19.3. The van der Waals surface area contributed by atoms with E-state index in [0.717, 1.165) is 30.8 Å². The largest absolute Gasteiger partial charge is 0.389 e. The molecule has 104 valence electrons. The lowest BCUT2D eigenvalue weighted by Gasteiger charge is -2.37. The van der Waals surface area contributed by atoms with Gasteiger partial charge in [-0.25, -0.2) is 4.39 Å². The minimum atomic E-state index is -0.229. The first kappa shape index (κ1) is 14.4. The van der Waals surface area contributed by atoms with Crippen LogP contribution in [0.1, 0.15) is 37.8 Å². The molecule has 1 heterocycles. The maximum atomic E-state index is 13.4. The molecule has 1 aliphatic heterocycles. The molecule has 1 saturated heterocycles. The van der Waals surface area contributed by atoms with Gasteiger partial charge in [-0.3, -0.25) is 4.90 Å². The van der Waals surface area contributed by atoms with Crippen LogP contribution in [-0.2, 0) is 6.54 Å².